The molecule has 138 valence electrons. The van der Waals surface area contributed by atoms with Crippen molar-refractivity contribution in [3.05, 3.63) is 23.2 Å². The molecule has 1 aliphatic rings. The number of anilines is 1. The summed E-state index contributed by atoms with van der Waals surface area (Å²) in [5, 5.41) is 3.25. The number of piperidine rings is 1. The molecule has 1 aliphatic heterocycles. The molecular formula is C18H27ClN3O3+. The summed E-state index contributed by atoms with van der Waals surface area (Å²) in [7, 11) is 3.18. The molecule has 0 radical (unpaired) electrons. The molecule has 1 heterocycles. The minimum atomic E-state index is -0.279. The number of methoxy groups -OCH3 is 1. The molecular weight excluding hydrogens is 342 g/mol. The Morgan fingerprint density at radius 2 is 2.20 bits per heavy atom. The van der Waals surface area contributed by atoms with Gasteiger partial charge in [-0.25, -0.2) is 0 Å². The third-order valence-corrected chi connectivity index (χ3v) is 4.74. The van der Waals surface area contributed by atoms with Gasteiger partial charge < -0.3 is 19.9 Å². The lowest BCUT2D eigenvalue weighted by atomic mass is 10.0. The topological polar surface area (TPSA) is 63.1 Å². The molecule has 1 aromatic carbocycles. The van der Waals surface area contributed by atoms with Crippen LogP contribution in [-0.4, -0.2) is 57.1 Å². The molecule has 7 heteroatoms. The summed E-state index contributed by atoms with van der Waals surface area (Å²) in [5.41, 5.74) is 0.497. The highest BCUT2D eigenvalue weighted by Gasteiger charge is 2.24. The zero-order chi connectivity index (χ0) is 18.4. The maximum Gasteiger partial charge on any atom is 0.277 e. The van der Waals surface area contributed by atoms with E-state index in [0.717, 1.165) is 19.5 Å². The van der Waals surface area contributed by atoms with E-state index in [1.54, 1.807) is 25.2 Å². The smallest absolute Gasteiger partial charge is 0.277 e. The van der Waals surface area contributed by atoms with Crippen LogP contribution in [0, 0.1) is 5.92 Å². The first-order chi connectivity index (χ1) is 11.9. The number of hydrogen-bond donors (Lipinski definition) is 2. The normalized spacial score (nSPS) is 20.0. The second-order valence-corrected chi connectivity index (χ2v) is 7.21. The first-order valence-corrected chi connectivity index (χ1v) is 8.97. The number of benzene rings is 1. The summed E-state index contributed by atoms with van der Waals surface area (Å²) in [6, 6.07) is 5.00. The molecule has 2 atom stereocenters. The van der Waals surface area contributed by atoms with E-state index in [2.05, 4.69) is 12.2 Å². The van der Waals surface area contributed by atoms with E-state index in [1.165, 1.54) is 23.3 Å². The second-order valence-electron chi connectivity index (χ2n) is 6.77. The third kappa shape index (κ3) is 5.90. The van der Waals surface area contributed by atoms with Crippen molar-refractivity contribution in [3.63, 3.8) is 0 Å². The summed E-state index contributed by atoms with van der Waals surface area (Å²) >= 11 is 5.96. The Balaban J connectivity index is 1.87. The van der Waals surface area contributed by atoms with Crippen LogP contribution in [-0.2, 0) is 9.59 Å². The van der Waals surface area contributed by atoms with Gasteiger partial charge in [-0.3, -0.25) is 9.59 Å². The van der Waals surface area contributed by atoms with Crippen molar-refractivity contribution in [2.24, 2.45) is 5.92 Å². The fraction of sp³-hybridized carbons (Fsp3) is 0.556. The van der Waals surface area contributed by atoms with Gasteiger partial charge in [-0.2, -0.15) is 0 Å². The molecule has 25 heavy (non-hydrogen) atoms. The quantitative estimate of drug-likeness (QED) is 0.789. The Labute approximate surface area is 154 Å². The molecule has 0 spiro atoms. The highest BCUT2D eigenvalue weighted by Crippen LogP contribution is 2.27. The summed E-state index contributed by atoms with van der Waals surface area (Å²) in [6.45, 7) is 4.70. The molecule has 1 unspecified atom stereocenters. The molecule has 1 fully saturated rings. The molecule has 6 nitrogen and oxygen atoms in total. The van der Waals surface area contributed by atoms with Crippen molar-refractivity contribution in [2.45, 2.75) is 19.8 Å². The Hall–Kier alpha value is -1.79. The molecule has 2 amide bonds. The van der Waals surface area contributed by atoms with Gasteiger partial charge in [0.25, 0.3) is 5.91 Å². The number of nitrogens with one attached hydrogen (secondary N) is 2. The molecule has 2 N–H and O–H groups in total. The van der Waals surface area contributed by atoms with Gasteiger partial charge in [0.1, 0.15) is 5.75 Å². The largest absolute Gasteiger partial charge is 0.495 e. The van der Waals surface area contributed by atoms with Gasteiger partial charge in [0, 0.05) is 18.0 Å². The Morgan fingerprint density at radius 3 is 2.88 bits per heavy atom. The van der Waals surface area contributed by atoms with E-state index in [0.29, 0.717) is 28.9 Å². The third-order valence-electron chi connectivity index (χ3n) is 4.51. The molecule has 1 saturated heterocycles. The first-order valence-electron chi connectivity index (χ1n) is 8.60. The first kappa shape index (κ1) is 19.5. The van der Waals surface area contributed by atoms with Gasteiger partial charge in [0.05, 0.1) is 32.4 Å². The monoisotopic (exact) mass is 368 g/mol. The predicted molar refractivity (Wildman–Crippen MR) is 98.2 cm³/mol. The maximum atomic E-state index is 12.4. The second kappa shape index (κ2) is 9.06. The lowest BCUT2D eigenvalue weighted by Gasteiger charge is -2.28. The lowest BCUT2D eigenvalue weighted by Crippen LogP contribution is -3.14. The van der Waals surface area contributed by atoms with Crippen molar-refractivity contribution < 1.29 is 19.2 Å². The van der Waals surface area contributed by atoms with Crippen LogP contribution in [0.1, 0.15) is 19.8 Å². The fourth-order valence-corrected chi connectivity index (χ4v) is 3.35. The summed E-state index contributed by atoms with van der Waals surface area (Å²) < 4.78 is 5.21. The average Bonchev–Trinajstić information content (AvgIpc) is 2.55. The minimum absolute atomic E-state index is 0.00264. The number of nitrogens with zero attached hydrogens (tertiary/aromatic N) is 1. The molecule has 1 aromatic rings. The van der Waals surface area contributed by atoms with Crippen molar-refractivity contribution in [1.29, 1.82) is 0 Å². The number of likely N-dealkylation sites (tertiary alicyclic amines) is 1. The average molecular weight is 369 g/mol. The van der Waals surface area contributed by atoms with Crippen LogP contribution in [0.4, 0.5) is 5.69 Å². The van der Waals surface area contributed by atoms with Crippen molar-refractivity contribution in [1.82, 2.24) is 4.90 Å². The number of amides is 2. The fourth-order valence-electron chi connectivity index (χ4n) is 3.18. The molecule has 0 saturated carbocycles. The van der Waals surface area contributed by atoms with Gasteiger partial charge in [-0.1, -0.05) is 18.5 Å². The number of likely N-dealkylation sites (N-methyl/N-ethyl adjacent to an activating group) is 1. The zero-order valence-electron chi connectivity index (χ0n) is 15.1. The standard InChI is InChI=1S/C18H26ClN3O3/c1-13-5-4-8-22(10-13)12-18(24)21(2)11-17(23)20-15-9-14(19)6-7-16(15)25-3/h6-7,9,13H,4-5,8,10-12H2,1-3H3,(H,20,23)/p+1/t13-/m0/s1. The zero-order valence-corrected chi connectivity index (χ0v) is 15.9. The van der Waals surface area contributed by atoms with Crippen LogP contribution in [0.15, 0.2) is 18.2 Å². The lowest BCUT2D eigenvalue weighted by molar-refractivity contribution is -0.900. The van der Waals surface area contributed by atoms with Crippen LogP contribution >= 0.6 is 11.6 Å². The molecule has 0 aromatic heterocycles. The molecule has 2 rings (SSSR count). The van der Waals surface area contributed by atoms with Crippen LogP contribution < -0.4 is 15.0 Å². The van der Waals surface area contributed by atoms with Gasteiger partial charge in [-0.05, 0) is 31.0 Å². The summed E-state index contributed by atoms with van der Waals surface area (Å²) in [5.74, 6) is 0.884. The van der Waals surface area contributed by atoms with Crippen molar-refractivity contribution in [2.75, 3.05) is 45.7 Å². The maximum absolute atomic E-state index is 12.4. The van der Waals surface area contributed by atoms with Crippen molar-refractivity contribution >= 4 is 29.1 Å². The number of carbonyl (C=O) groups excluding carboxylic acids is 2. The Kier molecular flexibility index (Phi) is 7.08. The van der Waals surface area contributed by atoms with Gasteiger partial charge in [0.15, 0.2) is 6.54 Å². The van der Waals surface area contributed by atoms with E-state index < -0.39 is 0 Å². The SMILES string of the molecule is COc1ccc(Cl)cc1NC(=O)CN(C)C(=O)C[NH+]1CCC[C@H](C)C1. The number of ether oxygens (including phenoxy) is 1. The number of hydrogen-bond acceptors (Lipinski definition) is 3. The summed E-state index contributed by atoms with van der Waals surface area (Å²) in [6.07, 6.45) is 2.39. The summed E-state index contributed by atoms with van der Waals surface area (Å²) in [4.78, 5) is 27.4. The van der Waals surface area contributed by atoms with Crippen LogP contribution in [0.25, 0.3) is 0 Å². The van der Waals surface area contributed by atoms with E-state index in [-0.39, 0.29) is 18.4 Å². The predicted octanol–water partition coefficient (Wildman–Crippen LogP) is 1.06. The van der Waals surface area contributed by atoms with Crippen LogP contribution in [0.5, 0.6) is 5.75 Å². The van der Waals surface area contributed by atoms with E-state index >= 15 is 0 Å². The van der Waals surface area contributed by atoms with Crippen LogP contribution in [0.2, 0.25) is 5.02 Å². The molecule has 0 aliphatic carbocycles. The number of halogens is 1. The highest BCUT2D eigenvalue weighted by molar-refractivity contribution is 6.31. The Bertz CT molecular complexity index is 624. The van der Waals surface area contributed by atoms with Crippen molar-refractivity contribution in [3.8, 4) is 5.75 Å². The highest BCUT2D eigenvalue weighted by atomic mass is 35.5. The van der Waals surface area contributed by atoms with Crippen LogP contribution in [0.3, 0.4) is 0 Å². The van der Waals surface area contributed by atoms with E-state index in [9.17, 15) is 9.59 Å². The number of carbonyl (C=O) groups is 2. The number of rotatable bonds is 6. The Morgan fingerprint density at radius 1 is 1.44 bits per heavy atom. The minimum Gasteiger partial charge on any atom is -0.495 e. The number of quaternary nitrogens is 1. The van der Waals surface area contributed by atoms with Gasteiger partial charge in [0.2, 0.25) is 5.91 Å². The van der Waals surface area contributed by atoms with E-state index in [4.69, 9.17) is 16.3 Å². The van der Waals surface area contributed by atoms with E-state index in [1.807, 2.05) is 0 Å². The molecule has 0 bridgehead atoms. The van der Waals surface area contributed by atoms with Gasteiger partial charge >= 0.3 is 0 Å². The van der Waals surface area contributed by atoms with Gasteiger partial charge in [-0.15, -0.1) is 0 Å².